The van der Waals surface area contributed by atoms with E-state index in [0.29, 0.717) is 28.6 Å². The Balaban J connectivity index is 1.89. The number of Topliss-reactive ketones (excluding diaryl/α,β-unsaturated/α-hetero) is 1. The molecule has 0 spiro atoms. The van der Waals surface area contributed by atoms with Crippen LogP contribution < -0.4 is 14.5 Å². The van der Waals surface area contributed by atoms with Crippen molar-refractivity contribution in [1.29, 1.82) is 0 Å². The van der Waals surface area contributed by atoms with Crippen molar-refractivity contribution in [3.8, 4) is 5.75 Å². The molecule has 1 heterocycles. The lowest BCUT2D eigenvalue weighted by molar-refractivity contribution is -0.132. The third-order valence-corrected chi connectivity index (χ3v) is 6.91. The predicted octanol–water partition coefficient (Wildman–Crippen LogP) is 6.52. The molecule has 0 bridgehead atoms. The number of nitrogens with zero attached hydrogens (tertiary/aromatic N) is 2. The van der Waals surface area contributed by atoms with Gasteiger partial charge >= 0.3 is 0 Å². The van der Waals surface area contributed by atoms with Gasteiger partial charge in [0.2, 0.25) is 0 Å². The summed E-state index contributed by atoms with van der Waals surface area (Å²) in [4.78, 5) is 30.5. The fraction of sp³-hybridized carbons (Fsp3) is 0.267. The molecule has 3 aromatic rings. The van der Waals surface area contributed by atoms with E-state index in [1.165, 1.54) is 4.90 Å². The predicted molar refractivity (Wildman–Crippen MR) is 149 cm³/mol. The molecule has 37 heavy (non-hydrogen) atoms. The Kier molecular flexibility index (Phi) is 7.89. The van der Waals surface area contributed by atoms with Crippen molar-refractivity contribution in [2.75, 3.05) is 29.5 Å². The highest BCUT2D eigenvalue weighted by atomic mass is 35.5. The molecule has 1 amide bonds. The van der Waals surface area contributed by atoms with E-state index in [1.807, 2.05) is 62.4 Å². The highest BCUT2D eigenvalue weighted by molar-refractivity contribution is 6.51. The number of carbonyl (C=O) groups is 2. The summed E-state index contributed by atoms with van der Waals surface area (Å²) in [5.74, 6) is -1.32. The largest absolute Gasteiger partial charge is 0.507 e. The van der Waals surface area contributed by atoms with Crippen molar-refractivity contribution in [3.63, 3.8) is 0 Å². The minimum absolute atomic E-state index is 0.0194. The van der Waals surface area contributed by atoms with E-state index in [-0.39, 0.29) is 11.3 Å². The van der Waals surface area contributed by atoms with Gasteiger partial charge in [-0.15, -0.1) is 0 Å². The maximum atomic E-state index is 13.4. The van der Waals surface area contributed by atoms with Crippen LogP contribution in [0.2, 0.25) is 5.02 Å². The molecule has 1 aliphatic heterocycles. The molecule has 0 aromatic heterocycles. The number of benzene rings is 3. The summed E-state index contributed by atoms with van der Waals surface area (Å²) in [6.07, 6.45) is 0. The van der Waals surface area contributed by atoms with Gasteiger partial charge in [0.1, 0.15) is 11.5 Å². The summed E-state index contributed by atoms with van der Waals surface area (Å²) in [5, 5.41) is 11.8. The van der Waals surface area contributed by atoms with Crippen LogP contribution in [-0.4, -0.2) is 36.5 Å². The summed E-state index contributed by atoms with van der Waals surface area (Å²) in [6, 6.07) is 19.2. The Morgan fingerprint density at radius 2 is 1.62 bits per heavy atom. The quantitative estimate of drug-likeness (QED) is 0.209. The first kappa shape index (κ1) is 26.3. The van der Waals surface area contributed by atoms with Gasteiger partial charge < -0.3 is 14.7 Å². The molecule has 1 atom stereocenters. The third kappa shape index (κ3) is 5.07. The second kappa shape index (κ2) is 11.1. The molecule has 0 radical (unpaired) electrons. The molecule has 6 nitrogen and oxygen atoms in total. The first-order valence-corrected chi connectivity index (χ1v) is 12.8. The normalized spacial score (nSPS) is 16.8. The van der Waals surface area contributed by atoms with Crippen LogP contribution in [0.3, 0.4) is 0 Å². The smallest absolute Gasteiger partial charge is 0.300 e. The highest BCUT2D eigenvalue weighted by Crippen LogP contribution is 2.43. The minimum Gasteiger partial charge on any atom is -0.507 e. The maximum absolute atomic E-state index is 13.4. The summed E-state index contributed by atoms with van der Waals surface area (Å²) in [6.45, 7) is 10.1. The lowest BCUT2D eigenvalue weighted by Crippen LogP contribution is -2.29. The van der Waals surface area contributed by atoms with E-state index in [1.54, 1.807) is 18.2 Å². The zero-order valence-corrected chi connectivity index (χ0v) is 22.2. The summed E-state index contributed by atoms with van der Waals surface area (Å²) in [5.41, 5.74) is 3.74. The van der Waals surface area contributed by atoms with E-state index in [9.17, 15) is 14.7 Å². The number of amides is 1. The molecule has 1 fully saturated rings. The molecule has 7 heteroatoms. The van der Waals surface area contributed by atoms with Crippen LogP contribution in [-0.2, 0) is 9.59 Å². The van der Waals surface area contributed by atoms with Gasteiger partial charge in [0.05, 0.1) is 23.2 Å². The van der Waals surface area contributed by atoms with Gasteiger partial charge in [0, 0.05) is 30.0 Å². The second-order valence-corrected chi connectivity index (χ2v) is 9.25. The topological polar surface area (TPSA) is 70.1 Å². The first-order chi connectivity index (χ1) is 17.8. The van der Waals surface area contributed by atoms with Gasteiger partial charge in [-0.05, 0) is 75.7 Å². The number of carbonyl (C=O) groups excluding carboxylic acids is 2. The van der Waals surface area contributed by atoms with Crippen LogP contribution >= 0.6 is 11.6 Å². The molecule has 0 aliphatic carbocycles. The van der Waals surface area contributed by atoms with Crippen molar-refractivity contribution < 1.29 is 19.4 Å². The van der Waals surface area contributed by atoms with Gasteiger partial charge in [-0.2, -0.15) is 0 Å². The molecule has 1 aliphatic rings. The van der Waals surface area contributed by atoms with E-state index >= 15 is 0 Å². The Labute approximate surface area is 222 Å². The number of ketones is 1. The average molecular weight is 519 g/mol. The average Bonchev–Trinajstić information content (AvgIpc) is 3.17. The van der Waals surface area contributed by atoms with Crippen LogP contribution in [0.5, 0.6) is 5.75 Å². The number of aliphatic hydroxyl groups is 1. The minimum atomic E-state index is -0.806. The van der Waals surface area contributed by atoms with Crippen LogP contribution in [0.15, 0.2) is 72.3 Å². The summed E-state index contributed by atoms with van der Waals surface area (Å²) < 4.78 is 5.58. The Morgan fingerprint density at radius 1 is 0.973 bits per heavy atom. The number of rotatable bonds is 8. The lowest BCUT2D eigenvalue weighted by atomic mass is 9.94. The van der Waals surface area contributed by atoms with Crippen molar-refractivity contribution in [2.45, 2.75) is 33.7 Å². The number of aryl methyl sites for hydroxylation is 1. The second-order valence-electron chi connectivity index (χ2n) is 8.85. The van der Waals surface area contributed by atoms with Crippen molar-refractivity contribution in [3.05, 3.63) is 94.0 Å². The van der Waals surface area contributed by atoms with Gasteiger partial charge in [-0.25, -0.2) is 0 Å². The van der Waals surface area contributed by atoms with Crippen LogP contribution in [0.4, 0.5) is 11.4 Å². The monoisotopic (exact) mass is 518 g/mol. The molecule has 1 unspecified atom stereocenters. The first-order valence-electron chi connectivity index (χ1n) is 12.5. The van der Waals surface area contributed by atoms with Crippen LogP contribution in [0, 0.1) is 6.92 Å². The Bertz CT molecular complexity index is 1330. The standard InChI is InChI=1S/C30H31ClN2O4/c1-5-32(6-2)22-15-10-20(11-16-22)27-26(28(34)21-12-17-24(31)25(18-21)37-7-3)29(35)30(36)33(27)23-13-8-19(4)9-14-23/h8-18,27,34H,5-7H2,1-4H3/b28-26-. The van der Waals surface area contributed by atoms with Crippen molar-refractivity contribution in [1.82, 2.24) is 0 Å². The molecule has 192 valence electrons. The molecule has 3 aromatic carbocycles. The molecular formula is C30H31ClN2O4. The van der Waals surface area contributed by atoms with Gasteiger partial charge in [-0.3, -0.25) is 14.5 Å². The zero-order chi connectivity index (χ0) is 26.7. The molecule has 4 rings (SSSR count). The SMILES string of the molecule is CCOc1cc(/C(O)=C2/C(=O)C(=O)N(c3ccc(C)cc3)C2c2ccc(N(CC)CC)cc2)ccc1Cl. The molecule has 0 saturated carbocycles. The summed E-state index contributed by atoms with van der Waals surface area (Å²) in [7, 11) is 0. The Hall–Kier alpha value is -3.77. The van der Waals surface area contributed by atoms with Crippen molar-refractivity contribution in [2.24, 2.45) is 0 Å². The number of hydrogen-bond acceptors (Lipinski definition) is 5. The van der Waals surface area contributed by atoms with E-state index in [4.69, 9.17) is 16.3 Å². The lowest BCUT2D eigenvalue weighted by Gasteiger charge is -2.27. The maximum Gasteiger partial charge on any atom is 0.300 e. The van der Waals surface area contributed by atoms with E-state index in [0.717, 1.165) is 29.9 Å². The van der Waals surface area contributed by atoms with Crippen LogP contribution in [0.25, 0.3) is 5.76 Å². The van der Waals surface area contributed by atoms with Crippen molar-refractivity contribution >= 4 is 40.4 Å². The molecular weight excluding hydrogens is 488 g/mol. The fourth-order valence-electron chi connectivity index (χ4n) is 4.65. The Morgan fingerprint density at radius 3 is 2.22 bits per heavy atom. The van der Waals surface area contributed by atoms with E-state index < -0.39 is 17.7 Å². The zero-order valence-electron chi connectivity index (χ0n) is 21.5. The number of hydrogen-bond donors (Lipinski definition) is 1. The number of aliphatic hydroxyl groups excluding tert-OH is 1. The van der Waals surface area contributed by atoms with Crippen LogP contribution in [0.1, 0.15) is 43.5 Å². The molecule has 1 saturated heterocycles. The fourth-order valence-corrected chi connectivity index (χ4v) is 4.82. The van der Waals surface area contributed by atoms with E-state index in [2.05, 4.69) is 18.7 Å². The summed E-state index contributed by atoms with van der Waals surface area (Å²) >= 11 is 6.24. The number of halogens is 1. The van der Waals surface area contributed by atoms with Gasteiger partial charge in [-0.1, -0.05) is 41.4 Å². The number of anilines is 2. The highest BCUT2D eigenvalue weighted by Gasteiger charge is 2.47. The van der Waals surface area contributed by atoms with Gasteiger partial charge in [0.15, 0.2) is 0 Å². The number of ether oxygens (including phenoxy) is 1. The third-order valence-electron chi connectivity index (χ3n) is 6.60. The van der Waals surface area contributed by atoms with Gasteiger partial charge in [0.25, 0.3) is 11.7 Å². The molecule has 1 N–H and O–H groups in total.